The Labute approximate surface area is 253 Å². The van der Waals surface area contributed by atoms with Crippen molar-refractivity contribution < 1.29 is 24.2 Å². The zero-order valence-corrected chi connectivity index (χ0v) is 26.8. The van der Waals surface area contributed by atoms with Gasteiger partial charge in [-0.2, -0.15) is 0 Å². The summed E-state index contributed by atoms with van der Waals surface area (Å²) in [6.07, 6.45) is 37.6. The molecule has 0 bridgehead atoms. The Morgan fingerprint density at radius 1 is 0.561 bits per heavy atom. The van der Waals surface area contributed by atoms with E-state index in [0.717, 1.165) is 57.8 Å². The summed E-state index contributed by atoms with van der Waals surface area (Å²) < 4.78 is 10.5. The third kappa shape index (κ3) is 30.9. The van der Waals surface area contributed by atoms with E-state index in [0.29, 0.717) is 12.8 Å². The van der Waals surface area contributed by atoms with E-state index in [1.165, 1.54) is 77.0 Å². The molecule has 0 aliphatic rings. The van der Waals surface area contributed by atoms with Crippen LogP contribution in [0.25, 0.3) is 0 Å². The van der Waals surface area contributed by atoms with Crippen molar-refractivity contribution in [3.05, 3.63) is 36.5 Å². The second-order valence-corrected chi connectivity index (χ2v) is 11.2. The van der Waals surface area contributed by atoms with Gasteiger partial charge in [-0.1, -0.05) is 121 Å². The molecule has 0 spiro atoms. The number of aliphatic hydroxyl groups excluding tert-OH is 1. The van der Waals surface area contributed by atoms with E-state index >= 15 is 0 Å². The molecule has 0 amide bonds. The van der Waals surface area contributed by atoms with Crippen LogP contribution in [0.1, 0.15) is 162 Å². The van der Waals surface area contributed by atoms with Crippen LogP contribution in [0.4, 0.5) is 0 Å². The number of carbonyl (C=O) groups excluding carboxylic acids is 2. The number of esters is 2. The van der Waals surface area contributed by atoms with Gasteiger partial charge >= 0.3 is 11.9 Å². The van der Waals surface area contributed by atoms with Crippen LogP contribution in [-0.4, -0.2) is 36.4 Å². The van der Waals surface area contributed by atoms with Crippen molar-refractivity contribution in [2.45, 2.75) is 168 Å². The molecule has 0 radical (unpaired) electrons. The van der Waals surface area contributed by atoms with Gasteiger partial charge in [-0.3, -0.25) is 9.59 Å². The van der Waals surface area contributed by atoms with Crippen LogP contribution in [0.3, 0.4) is 0 Å². The zero-order valence-electron chi connectivity index (χ0n) is 26.8. The molecule has 0 aromatic rings. The monoisotopic (exact) mass is 576 g/mol. The quantitative estimate of drug-likeness (QED) is 0.0523. The first-order valence-corrected chi connectivity index (χ1v) is 17.0. The van der Waals surface area contributed by atoms with Gasteiger partial charge in [-0.05, 0) is 64.2 Å². The summed E-state index contributed by atoms with van der Waals surface area (Å²) in [5.74, 6) is -0.621. The molecule has 0 saturated heterocycles. The number of rotatable bonds is 30. The highest BCUT2D eigenvalue weighted by Crippen LogP contribution is 2.11. The number of carbonyl (C=O) groups is 2. The smallest absolute Gasteiger partial charge is 0.306 e. The first kappa shape index (κ1) is 39.1. The van der Waals surface area contributed by atoms with Crippen LogP contribution in [0.2, 0.25) is 0 Å². The first-order valence-electron chi connectivity index (χ1n) is 17.0. The highest BCUT2D eigenvalue weighted by Gasteiger charge is 2.16. The summed E-state index contributed by atoms with van der Waals surface area (Å²) >= 11 is 0. The summed E-state index contributed by atoms with van der Waals surface area (Å²) in [6.45, 7) is 4.04. The molecule has 41 heavy (non-hydrogen) atoms. The third-order valence-corrected chi connectivity index (χ3v) is 7.16. The number of hydrogen-bond donors (Lipinski definition) is 1. The number of allylic oxidation sites excluding steroid dienone is 6. The van der Waals surface area contributed by atoms with E-state index in [4.69, 9.17) is 9.47 Å². The van der Waals surface area contributed by atoms with E-state index in [2.05, 4.69) is 50.3 Å². The highest BCUT2D eigenvalue weighted by atomic mass is 16.6. The Balaban J connectivity index is 3.63. The minimum Gasteiger partial charge on any atom is -0.462 e. The van der Waals surface area contributed by atoms with E-state index in [-0.39, 0.29) is 25.2 Å². The molecule has 0 aromatic heterocycles. The van der Waals surface area contributed by atoms with Gasteiger partial charge in [0.05, 0.1) is 6.61 Å². The molecule has 238 valence electrons. The molecule has 0 saturated carbocycles. The molecule has 0 heterocycles. The largest absolute Gasteiger partial charge is 0.462 e. The molecular weight excluding hydrogens is 512 g/mol. The van der Waals surface area contributed by atoms with Gasteiger partial charge in [0.15, 0.2) is 6.10 Å². The van der Waals surface area contributed by atoms with Crippen LogP contribution in [0.5, 0.6) is 0 Å². The van der Waals surface area contributed by atoms with Gasteiger partial charge in [0.2, 0.25) is 0 Å². The van der Waals surface area contributed by atoms with Crippen molar-refractivity contribution in [3.63, 3.8) is 0 Å². The summed E-state index contributed by atoms with van der Waals surface area (Å²) in [5.41, 5.74) is 0. The third-order valence-electron chi connectivity index (χ3n) is 7.16. The van der Waals surface area contributed by atoms with Gasteiger partial charge in [0, 0.05) is 12.8 Å². The van der Waals surface area contributed by atoms with Crippen LogP contribution in [0, 0.1) is 0 Å². The van der Waals surface area contributed by atoms with Gasteiger partial charge < -0.3 is 14.6 Å². The molecule has 1 N–H and O–H groups in total. The fraction of sp³-hybridized carbons (Fsp3) is 0.778. The first-order chi connectivity index (χ1) is 20.1. The SMILES string of the molecule is CCCC/C=C\CCCCCCCC(=O)OCC(CO)OC(=O)CCCCCCC/C=C\C/C=C\CCCCCC. The van der Waals surface area contributed by atoms with Gasteiger partial charge in [0.25, 0.3) is 0 Å². The Kier molecular flexibility index (Phi) is 31.1. The maximum atomic E-state index is 12.1. The van der Waals surface area contributed by atoms with Crippen molar-refractivity contribution in [2.24, 2.45) is 0 Å². The normalized spacial score (nSPS) is 12.6. The Morgan fingerprint density at radius 2 is 1.00 bits per heavy atom. The van der Waals surface area contributed by atoms with Crippen LogP contribution >= 0.6 is 0 Å². The average Bonchev–Trinajstić information content (AvgIpc) is 2.97. The van der Waals surface area contributed by atoms with Gasteiger partial charge in [-0.15, -0.1) is 0 Å². The van der Waals surface area contributed by atoms with Crippen molar-refractivity contribution in [3.8, 4) is 0 Å². The van der Waals surface area contributed by atoms with Crippen molar-refractivity contribution in [2.75, 3.05) is 13.2 Å². The van der Waals surface area contributed by atoms with Gasteiger partial charge in [-0.25, -0.2) is 0 Å². The number of aliphatic hydroxyl groups is 1. The molecule has 1 atom stereocenters. The summed E-state index contributed by atoms with van der Waals surface area (Å²) in [5, 5.41) is 9.49. The standard InChI is InChI=1S/C36H64O5/c1-3-5-7-9-11-13-15-16-17-18-19-21-23-25-27-29-31-36(39)41-34(32-37)33-40-35(38)30-28-26-24-22-20-14-12-10-8-6-4-2/h10,12-13,15,17-18,34,37H,3-9,11,14,16,19-33H2,1-2H3/b12-10-,15-13-,18-17-. The summed E-state index contributed by atoms with van der Waals surface area (Å²) in [7, 11) is 0. The van der Waals surface area contributed by atoms with Crippen molar-refractivity contribution >= 4 is 11.9 Å². The lowest BCUT2D eigenvalue weighted by Crippen LogP contribution is -2.28. The second kappa shape index (κ2) is 32.6. The lowest BCUT2D eigenvalue weighted by Gasteiger charge is -2.15. The van der Waals surface area contributed by atoms with Crippen molar-refractivity contribution in [1.29, 1.82) is 0 Å². The second-order valence-electron chi connectivity index (χ2n) is 11.2. The predicted molar refractivity (Wildman–Crippen MR) is 173 cm³/mol. The van der Waals surface area contributed by atoms with Crippen LogP contribution < -0.4 is 0 Å². The van der Waals surface area contributed by atoms with E-state index in [1.54, 1.807) is 0 Å². The predicted octanol–water partition coefficient (Wildman–Crippen LogP) is 10.1. The van der Waals surface area contributed by atoms with Crippen molar-refractivity contribution in [1.82, 2.24) is 0 Å². The van der Waals surface area contributed by atoms with E-state index in [9.17, 15) is 14.7 Å². The zero-order chi connectivity index (χ0) is 30.1. The molecule has 0 aliphatic carbocycles. The topological polar surface area (TPSA) is 72.8 Å². The minimum absolute atomic E-state index is 0.0757. The minimum atomic E-state index is -0.778. The Hall–Kier alpha value is -1.88. The number of unbranched alkanes of at least 4 members (excludes halogenated alkanes) is 16. The summed E-state index contributed by atoms with van der Waals surface area (Å²) in [6, 6.07) is 0. The Bertz CT molecular complexity index is 667. The van der Waals surface area contributed by atoms with Gasteiger partial charge in [0.1, 0.15) is 6.61 Å². The maximum Gasteiger partial charge on any atom is 0.306 e. The highest BCUT2D eigenvalue weighted by molar-refractivity contribution is 5.70. The Morgan fingerprint density at radius 3 is 1.54 bits per heavy atom. The molecule has 0 fully saturated rings. The van der Waals surface area contributed by atoms with E-state index < -0.39 is 6.10 Å². The molecule has 5 nitrogen and oxygen atoms in total. The molecule has 5 heteroatoms. The van der Waals surface area contributed by atoms with E-state index in [1.807, 2.05) is 0 Å². The molecule has 0 aliphatic heterocycles. The molecular formula is C36H64O5. The maximum absolute atomic E-state index is 12.1. The van der Waals surface area contributed by atoms with Crippen LogP contribution in [0.15, 0.2) is 36.5 Å². The number of ether oxygens (including phenoxy) is 2. The lowest BCUT2D eigenvalue weighted by molar-refractivity contribution is -0.161. The fourth-order valence-corrected chi connectivity index (χ4v) is 4.50. The van der Waals surface area contributed by atoms with Crippen LogP contribution in [-0.2, 0) is 19.1 Å². The number of hydrogen-bond acceptors (Lipinski definition) is 5. The molecule has 0 rings (SSSR count). The fourth-order valence-electron chi connectivity index (χ4n) is 4.50. The lowest BCUT2D eigenvalue weighted by atomic mass is 10.1. The molecule has 1 unspecified atom stereocenters. The molecule has 0 aromatic carbocycles. The average molecular weight is 577 g/mol. The summed E-state index contributed by atoms with van der Waals surface area (Å²) in [4.78, 5) is 24.1.